The summed E-state index contributed by atoms with van der Waals surface area (Å²) in [6.07, 6.45) is -1.37. The van der Waals surface area contributed by atoms with Crippen LogP contribution in [0, 0.1) is 5.82 Å². The zero-order valence-corrected chi connectivity index (χ0v) is 19.0. The zero-order chi connectivity index (χ0) is 25.2. The van der Waals surface area contributed by atoms with Gasteiger partial charge in [-0.1, -0.05) is 12.6 Å². The minimum absolute atomic E-state index is 0.0660. The highest BCUT2D eigenvalue weighted by molar-refractivity contribution is 7.15. The summed E-state index contributed by atoms with van der Waals surface area (Å²) in [6.45, 7) is 4.22. The smallest absolute Gasteiger partial charge is 0.419 e. The van der Waals surface area contributed by atoms with Crippen molar-refractivity contribution in [1.82, 2.24) is 9.88 Å². The SMILES string of the molecule is C=CC(=O)Nc1ncc(CC(=O)N2CCc3ccc(Oc4ccc(C(F)(F)F)c(F)c4)cc3C2)s1. The average molecular weight is 505 g/mol. The van der Waals surface area contributed by atoms with Gasteiger partial charge in [0.2, 0.25) is 11.8 Å². The molecular weight excluding hydrogens is 486 g/mol. The van der Waals surface area contributed by atoms with E-state index in [0.717, 1.165) is 23.3 Å². The Balaban J connectivity index is 1.42. The second-order valence-corrected chi connectivity index (χ2v) is 8.85. The number of thiazole rings is 1. The topological polar surface area (TPSA) is 71.5 Å². The molecule has 11 heteroatoms. The third-order valence-electron chi connectivity index (χ3n) is 5.32. The number of halogens is 4. The Morgan fingerprint density at radius 3 is 2.63 bits per heavy atom. The van der Waals surface area contributed by atoms with Crippen molar-refractivity contribution < 1.29 is 31.9 Å². The largest absolute Gasteiger partial charge is 0.457 e. The molecule has 1 N–H and O–H groups in total. The Morgan fingerprint density at radius 1 is 1.17 bits per heavy atom. The van der Waals surface area contributed by atoms with Crippen LogP contribution in [-0.2, 0) is 35.2 Å². The van der Waals surface area contributed by atoms with Crippen molar-refractivity contribution in [3.63, 3.8) is 0 Å². The van der Waals surface area contributed by atoms with Gasteiger partial charge in [-0.15, -0.1) is 11.3 Å². The second kappa shape index (κ2) is 9.87. The molecule has 4 rings (SSSR count). The normalized spacial score (nSPS) is 13.2. The monoisotopic (exact) mass is 505 g/mol. The number of hydrogen-bond donors (Lipinski definition) is 1. The Kier molecular flexibility index (Phi) is 6.88. The van der Waals surface area contributed by atoms with Gasteiger partial charge in [-0.3, -0.25) is 14.9 Å². The predicted octanol–water partition coefficient (Wildman–Crippen LogP) is 5.35. The number of carbonyl (C=O) groups is 2. The van der Waals surface area contributed by atoms with E-state index in [1.807, 2.05) is 6.07 Å². The van der Waals surface area contributed by atoms with Crippen molar-refractivity contribution in [2.75, 3.05) is 11.9 Å². The average Bonchev–Trinajstić information content (AvgIpc) is 3.24. The highest BCUT2D eigenvalue weighted by Gasteiger charge is 2.34. The third kappa shape index (κ3) is 5.86. The molecule has 2 aromatic carbocycles. The summed E-state index contributed by atoms with van der Waals surface area (Å²) in [5.41, 5.74) is 0.491. The summed E-state index contributed by atoms with van der Waals surface area (Å²) in [7, 11) is 0. The molecule has 2 amide bonds. The van der Waals surface area contributed by atoms with Crippen LogP contribution in [0.5, 0.6) is 11.5 Å². The van der Waals surface area contributed by atoms with Crippen molar-refractivity contribution in [3.8, 4) is 11.5 Å². The summed E-state index contributed by atoms with van der Waals surface area (Å²) in [5.74, 6) is -1.66. The van der Waals surface area contributed by atoms with E-state index in [2.05, 4.69) is 16.9 Å². The van der Waals surface area contributed by atoms with E-state index in [4.69, 9.17) is 4.74 Å². The maximum Gasteiger partial charge on any atom is 0.419 e. The van der Waals surface area contributed by atoms with Gasteiger partial charge in [0.1, 0.15) is 17.3 Å². The fraction of sp³-hybridized carbons (Fsp3) is 0.208. The Morgan fingerprint density at radius 2 is 1.91 bits per heavy atom. The molecule has 6 nitrogen and oxygen atoms in total. The lowest BCUT2D eigenvalue weighted by molar-refractivity contribution is -0.140. The number of fused-ring (bicyclic) bond motifs is 1. The molecule has 1 aliphatic rings. The van der Waals surface area contributed by atoms with E-state index >= 15 is 0 Å². The molecule has 3 aromatic rings. The molecular formula is C24H19F4N3O3S. The van der Waals surface area contributed by atoms with E-state index in [0.29, 0.717) is 47.4 Å². The number of nitrogens with zero attached hydrogens (tertiary/aromatic N) is 2. The van der Waals surface area contributed by atoms with Crippen LogP contribution in [0.1, 0.15) is 21.6 Å². The highest BCUT2D eigenvalue weighted by atomic mass is 32.1. The molecule has 0 aliphatic carbocycles. The van der Waals surface area contributed by atoms with E-state index in [-0.39, 0.29) is 24.0 Å². The van der Waals surface area contributed by atoms with E-state index < -0.39 is 17.6 Å². The van der Waals surface area contributed by atoms with E-state index in [9.17, 15) is 27.2 Å². The zero-order valence-electron chi connectivity index (χ0n) is 18.2. The number of amides is 2. The van der Waals surface area contributed by atoms with Crippen molar-refractivity contribution in [3.05, 3.63) is 82.6 Å². The molecule has 0 saturated heterocycles. The van der Waals surface area contributed by atoms with Gasteiger partial charge in [-0.2, -0.15) is 13.2 Å². The number of carbonyl (C=O) groups excluding carboxylic acids is 2. The van der Waals surface area contributed by atoms with Gasteiger partial charge in [0.25, 0.3) is 0 Å². The summed E-state index contributed by atoms with van der Waals surface area (Å²) < 4.78 is 57.7. The standard InChI is InChI=1S/C24H19F4N3O3S/c1-2-21(32)30-23-29-12-18(35-23)11-22(33)31-8-7-14-3-4-16(9-15(14)13-31)34-17-5-6-19(20(25)10-17)24(26,27)28/h2-6,9-10,12H,1,7-8,11,13H2,(H,29,30,32). The number of nitrogens with one attached hydrogen (secondary N) is 1. The Hall–Kier alpha value is -3.73. The number of benzene rings is 2. The van der Waals surface area contributed by atoms with Crippen LogP contribution in [0.15, 0.2) is 55.3 Å². The maximum atomic E-state index is 13.9. The van der Waals surface area contributed by atoms with Crippen molar-refractivity contribution in [2.45, 2.75) is 25.6 Å². The molecule has 0 fully saturated rings. The third-order valence-corrected chi connectivity index (χ3v) is 6.23. The van der Waals surface area contributed by atoms with E-state index in [1.54, 1.807) is 17.0 Å². The first kappa shape index (κ1) is 24.4. The first-order valence-electron chi connectivity index (χ1n) is 10.4. The van der Waals surface area contributed by atoms with Crippen molar-refractivity contribution in [2.24, 2.45) is 0 Å². The van der Waals surface area contributed by atoms with Gasteiger partial charge >= 0.3 is 6.18 Å². The maximum absolute atomic E-state index is 13.9. The van der Waals surface area contributed by atoms with E-state index in [1.165, 1.54) is 17.5 Å². The summed E-state index contributed by atoms with van der Waals surface area (Å²) in [6, 6.07) is 7.56. The molecule has 1 aromatic heterocycles. The first-order chi connectivity index (χ1) is 16.6. The molecule has 182 valence electrons. The highest BCUT2D eigenvalue weighted by Crippen LogP contribution is 2.34. The summed E-state index contributed by atoms with van der Waals surface area (Å²) in [5, 5.41) is 2.93. The number of rotatable bonds is 6. The van der Waals surface area contributed by atoms with Crippen LogP contribution >= 0.6 is 11.3 Å². The summed E-state index contributed by atoms with van der Waals surface area (Å²) in [4.78, 5) is 30.7. The van der Waals surface area contributed by atoms with Gasteiger partial charge in [0, 0.05) is 30.2 Å². The molecule has 1 aliphatic heterocycles. The molecule has 0 unspecified atom stereocenters. The predicted molar refractivity (Wildman–Crippen MR) is 122 cm³/mol. The fourth-order valence-electron chi connectivity index (χ4n) is 3.60. The number of aromatic nitrogens is 1. The molecule has 0 spiro atoms. The summed E-state index contributed by atoms with van der Waals surface area (Å²) >= 11 is 1.20. The van der Waals surface area contributed by atoms with Crippen LogP contribution in [-0.4, -0.2) is 28.2 Å². The minimum atomic E-state index is -4.79. The number of ether oxygens (including phenoxy) is 1. The molecule has 35 heavy (non-hydrogen) atoms. The second-order valence-electron chi connectivity index (χ2n) is 7.74. The lowest BCUT2D eigenvalue weighted by atomic mass is 9.99. The van der Waals surface area contributed by atoms with Crippen LogP contribution in [0.3, 0.4) is 0 Å². The molecule has 2 heterocycles. The quantitative estimate of drug-likeness (QED) is 0.363. The number of alkyl halides is 3. The number of hydrogen-bond acceptors (Lipinski definition) is 5. The van der Waals surface area contributed by atoms with Gasteiger partial charge < -0.3 is 9.64 Å². The van der Waals surface area contributed by atoms with Crippen LogP contribution in [0.2, 0.25) is 0 Å². The molecule has 0 atom stereocenters. The van der Waals surface area contributed by atoms with Gasteiger partial charge in [-0.05, 0) is 47.9 Å². The van der Waals surface area contributed by atoms with Crippen molar-refractivity contribution in [1.29, 1.82) is 0 Å². The molecule has 0 bridgehead atoms. The molecule has 0 radical (unpaired) electrons. The van der Waals surface area contributed by atoms with Crippen LogP contribution in [0.25, 0.3) is 0 Å². The first-order valence-corrected chi connectivity index (χ1v) is 11.3. The molecule has 0 saturated carbocycles. The Labute approximate surface area is 201 Å². The lowest BCUT2D eigenvalue weighted by Gasteiger charge is -2.29. The van der Waals surface area contributed by atoms with Gasteiger partial charge in [0.15, 0.2) is 5.13 Å². The fourth-order valence-corrected chi connectivity index (χ4v) is 4.41. The Bertz CT molecular complexity index is 1290. The van der Waals surface area contributed by atoms with Gasteiger partial charge in [-0.25, -0.2) is 9.37 Å². The van der Waals surface area contributed by atoms with Crippen molar-refractivity contribution >= 4 is 28.3 Å². The lowest BCUT2D eigenvalue weighted by Crippen LogP contribution is -2.36. The van der Waals surface area contributed by atoms with Crippen LogP contribution < -0.4 is 10.1 Å². The van der Waals surface area contributed by atoms with Gasteiger partial charge in [0.05, 0.1) is 12.0 Å². The number of anilines is 1. The van der Waals surface area contributed by atoms with Crippen LogP contribution in [0.4, 0.5) is 22.7 Å². The minimum Gasteiger partial charge on any atom is -0.457 e.